The standard InChI is InChI=1S/C21H22N2O4S/c1-14-7-8-16-17(12-22)21(28-18(16)11-14)23-19(24)13-27-20(25)9-10-26-15-5-3-2-4-6-15/h2-6,14H,7-11,13H2,1H3,(H,23,24)/t14-/m1/s1. The summed E-state index contributed by atoms with van der Waals surface area (Å²) in [5, 5.41) is 12.7. The number of nitrogens with one attached hydrogen (secondary N) is 1. The van der Waals surface area contributed by atoms with Crippen molar-refractivity contribution in [2.24, 2.45) is 5.92 Å². The molecule has 0 saturated carbocycles. The second-order valence-corrected chi connectivity index (χ2v) is 7.89. The summed E-state index contributed by atoms with van der Waals surface area (Å²) in [4.78, 5) is 25.1. The number of benzene rings is 1. The lowest BCUT2D eigenvalue weighted by Crippen LogP contribution is -2.21. The van der Waals surface area contributed by atoms with Crippen molar-refractivity contribution in [2.45, 2.75) is 32.6 Å². The molecule has 0 unspecified atom stereocenters. The van der Waals surface area contributed by atoms with Crippen molar-refractivity contribution >= 4 is 28.2 Å². The highest BCUT2D eigenvalue weighted by Gasteiger charge is 2.24. The van der Waals surface area contributed by atoms with Gasteiger partial charge in [-0.15, -0.1) is 11.3 Å². The van der Waals surface area contributed by atoms with Crippen molar-refractivity contribution in [1.29, 1.82) is 5.26 Å². The Balaban J connectivity index is 1.45. The van der Waals surface area contributed by atoms with E-state index >= 15 is 0 Å². The molecular formula is C21H22N2O4S. The van der Waals surface area contributed by atoms with E-state index < -0.39 is 11.9 Å². The summed E-state index contributed by atoms with van der Waals surface area (Å²) >= 11 is 1.45. The van der Waals surface area contributed by atoms with Crippen LogP contribution < -0.4 is 10.1 Å². The monoisotopic (exact) mass is 398 g/mol. The minimum atomic E-state index is -0.508. The summed E-state index contributed by atoms with van der Waals surface area (Å²) in [6.45, 7) is 1.99. The second-order valence-electron chi connectivity index (χ2n) is 6.79. The minimum absolute atomic E-state index is 0.0524. The van der Waals surface area contributed by atoms with Crippen LogP contribution in [-0.4, -0.2) is 25.1 Å². The number of carbonyl (C=O) groups is 2. The summed E-state index contributed by atoms with van der Waals surface area (Å²) < 4.78 is 10.4. The van der Waals surface area contributed by atoms with Gasteiger partial charge in [0.15, 0.2) is 6.61 Å². The molecule has 0 fully saturated rings. The number of para-hydroxylation sites is 1. The quantitative estimate of drug-likeness (QED) is 0.719. The third kappa shape index (κ3) is 5.11. The first-order valence-electron chi connectivity index (χ1n) is 9.24. The van der Waals surface area contributed by atoms with Gasteiger partial charge in [-0.3, -0.25) is 9.59 Å². The first-order chi connectivity index (χ1) is 13.6. The molecule has 1 aromatic heterocycles. The van der Waals surface area contributed by atoms with E-state index in [1.165, 1.54) is 16.2 Å². The van der Waals surface area contributed by atoms with Gasteiger partial charge in [0.25, 0.3) is 5.91 Å². The van der Waals surface area contributed by atoms with Crippen LogP contribution in [-0.2, 0) is 27.2 Å². The third-order valence-corrected chi connectivity index (χ3v) is 5.73. The Hall–Kier alpha value is -2.85. The third-order valence-electron chi connectivity index (χ3n) is 4.56. The highest BCUT2D eigenvalue weighted by molar-refractivity contribution is 7.16. The molecule has 1 atom stereocenters. The van der Waals surface area contributed by atoms with Gasteiger partial charge in [-0.25, -0.2) is 0 Å². The number of rotatable bonds is 7. The van der Waals surface area contributed by atoms with Gasteiger partial charge in [0, 0.05) is 4.88 Å². The number of ether oxygens (including phenoxy) is 2. The lowest BCUT2D eigenvalue weighted by atomic mass is 9.89. The van der Waals surface area contributed by atoms with E-state index in [0.29, 0.717) is 22.2 Å². The van der Waals surface area contributed by atoms with E-state index in [1.54, 1.807) is 12.1 Å². The summed E-state index contributed by atoms with van der Waals surface area (Å²) in [5.74, 6) is 0.305. The van der Waals surface area contributed by atoms with Crippen molar-refractivity contribution in [3.63, 3.8) is 0 Å². The molecule has 1 amide bonds. The average molecular weight is 398 g/mol. The van der Waals surface area contributed by atoms with Crippen molar-refractivity contribution < 1.29 is 19.1 Å². The number of carbonyl (C=O) groups excluding carboxylic acids is 2. The van der Waals surface area contributed by atoms with Crippen LogP contribution in [0.2, 0.25) is 0 Å². The van der Waals surface area contributed by atoms with Crippen LogP contribution in [0.3, 0.4) is 0 Å². The molecule has 1 heterocycles. The first kappa shape index (κ1) is 19.9. The summed E-state index contributed by atoms with van der Waals surface area (Å²) in [7, 11) is 0. The fraction of sp³-hybridized carbons (Fsp3) is 0.381. The number of esters is 1. The number of thiophene rings is 1. The van der Waals surface area contributed by atoms with Crippen LogP contribution in [0.1, 0.15) is 35.8 Å². The topological polar surface area (TPSA) is 88.4 Å². The van der Waals surface area contributed by atoms with Crippen LogP contribution >= 0.6 is 11.3 Å². The maximum atomic E-state index is 12.1. The summed E-state index contributed by atoms with van der Waals surface area (Å²) in [6.07, 6.45) is 2.90. The molecule has 1 aliphatic carbocycles. The smallest absolute Gasteiger partial charge is 0.309 e. The number of hydrogen-bond donors (Lipinski definition) is 1. The molecule has 28 heavy (non-hydrogen) atoms. The molecule has 0 spiro atoms. The highest BCUT2D eigenvalue weighted by atomic mass is 32.1. The maximum Gasteiger partial charge on any atom is 0.309 e. The lowest BCUT2D eigenvalue weighted by molar-refractivity contribution is -0.147. The zero-order valence-electron chi connectivity index (χ0n) is 15.7. The van der Waals surface area contributed by atoms with Gasteiger partial charge in [-0.05, 0) is 42.9 Å². The number of anilines is 1. The van der Waals surface area contributed by atoms with Gasteiger partial charge in [-0.1, -0.05) is 25.1 Å². The molecule has 0 radical (unpaired) electrons. The zero-order valence-corrected chi connectivity index (χ0v) is 16.5. The van der Waals surface area contributed by atoms with Crippen LogP contribution in [0.25, 0.3) is 0 Å². The van der Waals surface area contributed by atoms with Gasteiger partial charge >= 0.3 is 5.97 Å². The molecule has 3 rings (SSSR count). The number of amides is 1. The zero-order chi connectivity index (χ0) is 19.9. The fourth-order valence-electron chi connectivity index (χ4n) is 3.11. The molecule has 1 aliphatic rings. The van der Waals surface area contributed by atoms with Crippen LogP contribution in [0.4, 0.5) is 5.00 Å². The molecule has 7 heteroatoms. The van der Waals surface area contributed by atoms with E-state index in [1.807, 2.05) is 18.2 Å². The average Bonchev–Trinajstić information content (AvgIpc) is 3.03. The first-order valence-corrected chi connectivity index (χ1v) is 10.1. The van der Waals surface area contributed by atoms with Crippen molar-refractivity contribution in [3.8, 4) is 11.8 Å². The Morgan fingerprint density at radius 3 is 2.86 bits per heavy atom. The van der Waals surface area contributed by atoms with Crippen molar-refractivity contribution in [1.82, 2.24) is 0 Å². The van der Waals surface area contributed by atoms with E-state index in [9.17, 15) is 14.9 Å². The molecular weight excluding hydrogens is 376 g/mol. The highest BCUT2D eigenvalue weighted by Crippen LogP contribution is 2.39. The molecule has 1 aromatic carbocycles. The largest absolute Gasteiger partial charge is 0.493 e. The van der Waals surface area contributed by atoms with Gasteiger partial charge in [0.2, 0.25) is 0 Å². The van der Waals surface area contributed by atoms with E-state index in [4.69, 9.17) is 9.47 Å². The Morgan fingerprint density at radius 1 is 1.32 bits per heavy atom. The van der Waals surface area contributed by atoms with E-state index in [0.717, 1.165) is 24.8 Å². The Morgan fingerprint density at radius 2 is 2.11 bits per heavy atom. The maximum absolute atomic E-state index is 12.1. The molecule has 6 nitrogen and oxygen atoms in total. The SMILES string of the molecule is C[C@@H]1CCc2c(sc(NC(=O)COC(=O)CCOc3ccccc3)c2C#N)C1. The van der Waals surface area contributed by atoms with Gasteiger partial charge < -0.3 is 14.8 Å². The number of hydrogen-bond acceptors (Lipinski definition) is 6. The molecule has 146 valence electrons. The van der Waals surface area contributed by atoms with Crippen molar-refractivity contribution in [3.05, 3.63) is 46.3 Å². The molecule has 0 bridgehead atoms. The van der Waals surface area contributed by atoms with Crippen LogP contribution in [0.15, 0.2) is 30.3 Å². The molecule has 0 saturated heterocycles. The summed E-state index contributed by atoms with van der Waals surface area (Å²) in [6, 6.07) is 11.4. The van der Waals surface area contributed by atoms with Crippen LogP contribution in [0, 0.1) is 17.2 Å². The molecule has 1 N–H and O–H groups in total. The number of fused-ring (bicyclic) bond motifs is 1. The van der Waals surface area contributed by atoms with E-state index in [2.05, 4.69) is 18.3 Å². The second kappa shape index (κ2) is 9.38. The Bertz CT molecular complexity index is 886. The van der Waals surface area contributed by atoms with Gasteiger partial charge in [-0.2, -0.15) is 5.26 Å². The predicted molar refractivity (Wildman–Crippen MR) is 106 cm³/mol. The number of nitrogens with zero attached hydrogens (tertiary/aromatic N) is 1. The van der Waals surface area contributed by atoms with Gasteiger partial charge in [0.05, 0.1) is 18.6 Å². The molecule has 2 aromatic rings. The summed E-state index contributed by atoms with van der Waals surface area (Å²) in [5.41, 5.74) is 1.60. The lowest BCUT2D eigenvalue weighted by Gasteiger charge is -2.17. The van der Waals surface area contributed by atoms with Gasteiger partial charge in [0.1, 0.15) is 16.8 Å². The normalized spacial score (nSPS) is 15.2. The predicted octanol–water partition coefficient (Wildman–Crippen LogP) is 3.70. The Labute approximate surface area is 168 Å². The van der Waals surface area contributed by atoms with E-state index in [-0.39, 0.29) is 19.6 Å². The minimum Gasteiger partial charge on any atom is -0.493 e. The van der Waals surface area contributed by atoms with Crippen LogP contribution in [0.5, 0.6) is 5.75 Å². The number of nitriles is 1. The Kier molecular flexibility index (Phi) is 6.66. The fourth-order valence-corrected chi connectivity index (χ4v) is 4.48. The molecule has 0 aliphatic heterocycles. The van der Waals surface area contributed by atoms with Crippen molar-refractivity contribution in [2.75, 3.05) is 18.5 Å².